The van der Waals surface area contributed by atoms with Gasteiger partial charge in [-0.25, -0.2) is 4.98 Å². The van der Waals surface area contributed by atoms with Crippen LogP contribution in [0.2, 0.25) is 0 Å². The maximum atomic E-state index is 11.4. The summed E-state index contributed by atoms with van der Waals surface area (Å²) in [4.78, 5) is 15.3. The molecular formula is C10H18N4O2. The van der Waals surface area contributed by atoms with Crippen molar-refractivity contribution in [1.29, 1.82) is 0 Å². The van der Waals surface area contributed by atoms with Gasteiger partial charge in [0.2, 0.25) is 5.91 Å². The number of rotatable bonds is 7. The van der Waals surface area contributed by atoms with Gasteiger partial charge < -0.3 is 20.4 Å². The maximum absolute atomic E-state index is 11.4. The fourth-order valence-electron chi connectivity index (χ4n) is 1.29. The lowest BCUT2D eigenvalue weighted by Crippen LogP contribution is -2.33. The van der Waals surface area contributed by atoms with Crippen molar-refractivity contribution in [3.05, 3.63) is 18.7 Å². The molecule has 0 saturated heterocycles. The molecule has 0 aliphatic rings. The van der Waals surface area contributed by atoms with Crippen molar-refractivity contribution in [2.45, 2.75) is 19.1 Å². The van der Waals surface area contributed by atoms with E-state index >= 15 is 0 Å². The summed E-state index contributed by atoms with van der Waals surface area (Å²) in [5, 5.41) is 2.80. The van der Waals surface area contributed by atoms with Crippen molar-refractivity contribution in [3.63, 3.8) is 0 Å². The standard InChI is InChI=1S/C10H18N4O2/c1-16-9(7-11)6-10(15)13-3-5-14-4-2-12-8-14/h2,4,8-9H,3,5-7,11H2,1H3,(H,13,15). The molecule has 1 aromatic rings. The van der Waals surface area contributed by atoms with E-state index in [1.165, 1.54) is 0 Å². The van der Waals surface area contributed by atoms with Crippen LogP contribution in [0, 0.1) is 0 Å². The number of methoxy groups -OCH3 is 1. The maximum Gasteiger partial charge on any atom is 0.222 e. The number of hydrogen-bond acceptors (Lipinski definition) is 4. The average Bonchev–Trinajstić information content (AvgIpc) is 2.79. The van der Waals surface area contributed by atoms with E-state index in [9.17, 15) is 4.79 Å². The Hall–Kier alpha value is -1.40. The first-order valence-electron chi connectivity index (χ1n) is 5.21. The highest BCUT2D eigenvalue weighted by atomic mass is 16.5. The summed E-state index contributed by atoms with van der Waals surface area (Å²) in [6.45, 7) is 1.65. The number of ether oxygens (including phenoxy) is 1. The van der Waals surface area contributed by atoms with Gasteiger partial charge in [0, 0.05) is 39.1 Å². The van der Waals surface area contributed by atoms with Gasteiger partial charge >= 0.3 is 0 Å². The minimum Gasteiger partial charge on any atom is -0.380 e. The number of carbonyl (C=O) groups excluding carboxylic acids is 1. The van der Waals surface area contributed by atoms with E-state index in [-0.39, 0.29) is 12.0 Å². The number of nitrogens with two attached hydrogens (primary N) is 1. The Morgan fingerprint density at radius 1 is 1.69 bits per heavy atom. The number of imidazole rings is 1. The number of amides is 1. The van der Waals surface area contributed by atoms with E-state index in [1.807, 2.05) is 10.8 Å². The highest BCUT2D eigenvalue weighted by Crippen LogP contribution is 1.94. The molecule has 90 valence electrons. The minimum atomic E-state index is -0.201. The van der Waals surface area contributed by atoms with Gasteiger partial charge in [-0.2, -0.15) is 0 Å². The van der Waals surface area contributed by atoms with Gasteiger partial charge in [-0.05, 0) is 0 Å². The van der Waals surface area contributed by atoms with Crippen molar-refractivity contribution in [2.24, 2.45) is 5.73 Å². The molecule has 0 aromatic carbocycles. The average molecular weight is 226 g/mol. The Kier molecular flexibility index (Phi) is 5.52. The lowest BCUT2D eigenvalue weighted by Gasteiger charge is -2.12. The molecule has 0 aliphatic carbocycles. The number of carbonyl (C=O) groups is 1. The smallest absolute Gasteiger partial charge is 0.222 e. The van der Waals surface area contributed by atoms with Crippen LogP contribution in [-0.2, 0) is 16.1 Å². The predicted octanol–water partition coefficient (Wildman–Crippen LogP) is -0.637. The van der Waals surface area contributed by atoms with Crippen molar-refractivity contribution < 1.29 is 9.53 Å². The lowest BCUT2D eigenvalue weighted by molar-refractivity contribution is -0.123. The molecule has 1 heterocycles. The quantitative estimate of drug-likeness (QED) is 0.648. The van der Waals surface area contributed by atoms with E-state index in [0.717, 1.165) is 0 Å². The van der Waals surface area contributed by atoms with Crippen LogP contribution < -0.4 is 11.1 Å². The molecule has 6 heteroatoms. The molecule has 0 radical (unpaired) electrons. The molecule has 1 rings (SSSR count). The molecule has 1 amide bonds. The second-order valence-electron chi connectivity index (χ2n) is 3.45. The highest BCUT2D eigenvalue weighted by Gasteiger charge is 2.10. The Morgan fingerprint density at radius 2 is 2.50 bits per heavy atom. The summed E-state index contributed by atoms with van der Waals surface area (Å²) in [7, 11) is 1.55. The predicted molar refractivity (Wildman–Crippen MR) is 59.7 cm³/mol. The van der Waals surface area contributed by atoms with Gasteiger partial charge in [0.1, 0.15) is 0 Å². The Morgan fingerprint density at radius 3 is 3.06 bits per heavy atom. The van der Waals surface area contributed by atoms with Crippen LogP contribution in [0.4, 0.5) is 0 Å². The van der Waals surface area contributed by atoms with Crippen LogP contribution in [-0.4, -0.2) is 41.8 Å². The fraction of sp³-hybridized carbons (Fsp3) is 0.600. The summed E-state index contributed by atoms with van der Waals surface area (Å²) in [5.41, 5.74) is 5.42. The normalized spacial score (nSPS) is 12.4. The first-order chi connectivity index (χ1) is 7.76. The second kappa shape index (κ2) is 6.97. The summed E-state index contributed by atoms with van der Waals surface area (Å²) in [6, 6.07) is 0. The Bertz CT molecular complexity index is 296. The van der Waals surface area contributed by atoms with Gasteiger partial charge in [-0.1, -0.05) is 0 Å². The molecule has 0 spiro atoms. The van der Waals surface area contributed by atoms with Crippen molar-refractivity contribution >= 4 is 5.91 Å². The van der Waals surface area contributed by atoms with E-state index in [1.54, 1.807) is 19.6 Å². The van der Waals surface area contributed by atoms with Gasteiger partial charge in [-0.3, -0.25) is 4.79 Å². The van der Waals surface area contributed by atoms with E-state index in [4.69, 9.17) is 10.5 Å². The first-order valence-corrected chi connectivity index (χ1v) is 5.21. The Balaban J connectivity index is 2.15. The van der Waals surface area contributed by atoms with Crippen LogP contribution in [0.1, 0.15) is 6.42 Å². The van der Waals surface area contributed by atoms with Crippen LogP contribution in [0.15, 0.2) is 18.7 Å². The molecule has 0 saturated carbocycles. The molecule has 16 heavy (non-hydrogen) atoms. The third-order valence-corrected chi connectivity index (χ3v) is 2.26. The molecule has 6 nitrogen and oxygen atoms in total. The fourth-order valence-corrected chi connectivity index (χ4v) is 1.29. The molecule has 1 unspecified atom stereocenters. The number of aromatic nitrogens is 2. The van der Waals surface area contributed by atoms with Crippen LogP contribution >= 0.6 is 0 Å². The van der Waals surface area contributed by atoms with Gasteiger partial charge in [0.05, 0.1) is 18.9 Å². The zero-order valence-electron chi connectivity index (χ0n) is 9.43. The van der Waals surface area contributed by atoms with Crippen molar-refractivity contribution in [3.8, 4) is 0 Å². The SMILES string of the molecule is COC(CN)CC(=O)NCCn1ccnc1. The Labute approximate surface area is 94.8 Å². The van der Waals surface area contributed by atoms with Gasteiger partial charge in [0.25, 0.3) is 0 Å². The first kappa shape index (κ1) is 12.7. The molecule has 0 aliphatic heterocycles. The van der Waals surface area contributed by atoms with E-state index < -0.39 is 0 Å². The third kappa shape index (κ3) is 4.41. The third-order valence-electron chi connectivity index (χ3n) is 2.26. The topological polar surface area (TPSA) is 82.2 Å². The number of nitrogens with zero attached hydrogens (tertiary/aromatic N) is 2. The zero-order valence-corrected chi connectivity index (χ0v) is 9.43. The summed E-state index contributed by atoms with van der Waals surface area (Å²) in [5.74, 6) is -0.0441. The molecule has 0 fully saturated rings. The number of hydrogen-bond donors (Lipinski definition) is 2. The molecule has 1 atom stereocenters. The van der Waals surface area contributed by atoms with Crippen molar-refractivity contribution in [1.82, 2.24) is 14.9 Å². The minimum absolute atomic E-state index is 0.0441. The second-order valence-corrected chi connectivity index (χ2v) is 3.45. The van der Waals surface area contributed by atoms with Gasteiger partial charge in [0.15, 0.2) is 0 Å². The zero-order chi connectivity index (χ0) is 11.8. The molecular weight excluding hydrogens is 208 g/mol. The summed E-state index contributed by atoms with van der Waals surface area (Å²) in [6.07, 6.45) is 5.37. The number of nitrogens with one attached hydrogen (secondary N) is 1. The van der Waals surface area contributed by atoms with E-state index in [2.05, 4.69) is 10.3 Å². The monoisotopic (exact) mass is 226 g/mol. The van der Waals surface area contributed by atoms with Crippen molar-refractivity contribution in [2.75, 3.05) is 20.2 Å². The summed E-state index contributed by atoms with van der Waals surface area (Å²) >= 11 is 0. The van der Waals surface area contributed by atoms with Crippen LogP contribution in [0.5, 0.6) is 0 Å². The molecule has 3 N–H and O–H groups in total. The van der Waals surface area contributed by atoms with Crippen LogP contribution in [0.3, 0.4) is 0 Å². The molecule has 0 bridgehead atoms. The molecule has 1 aromatic heterocycles. The summed E-state index contributed by atoms with van der Waals surface area (Å²) < 4.78 is 6.92. The lowest BCUT2D eigenvalue weighted by atomic mass is 10.2. The van der Waals surface area contributed by atoms with Gasteiger partial charge in [-0.15, -0.1) is 0 Å². The largest absolute Gasteiger partial charge is 0.380 e. The van der Waals surface area contributed by atoms with Crippen LogP contribution in [0.25, 0.3) is 0 Å². The van der Waals surface area contributed by atoms with E-state index in [0.29, 0.717) is 26.1 Å². The highest BCUT2D eigenvalue weighted by molar-refractivity contribution is 5.76.